The normalized spacial score (nSPS) is 10.5. The summed E-state index contributed by atoms with van der Waals surface area (Å²) in [4.78, 5) is 28.3. The fourth-order valence-electron chi connectivity index (χ4n) is 2.49. The van der Waals surface area contributed by atoms with Crippen molar-refractivity contribution < 1.29 is 14.3 Å². The number of fused-ring (bicyclic) bond motifs is 1. The van der Waals surface area contributed by atoms with E-state index in [1.54, 1.807) is 36.4 Å². The fourth-order valence-corrected chi connectivity index (χ4v) is 3.08. The highest BCUT2D eigenvalue weighted by atomic mass is 35.5. The minimum atomic E-state index is -0.518. The van der Waals surface area contributed by atoms with Gasteiger partial charge in [0, 0.05) is 33.8 Å². The lowest BCUT2D eigenvalue weighted by Crippen LogP contribution is -2.13. The number of carbonyl (C=O) groups is 2. The van der Waals surface area contributed by atoms with Crippen molar-refractivity contribution in [2.75, 3.05) is 12.4 Å². The van der Waals surface area contributed by atoms with Crippen LogP contribution in [0.4, 0.5) is 5.69 Å². The summed E-state index contributed by atoms with van der Waals surface area (Å²) in [6, 6.07) is 9.51. The number of rotatable bonds is 3. The third-order valence-corrected chi connectivity index (χ3v) is 4.14. The standard InChI is InChI=1S/C18H12Cl2N2O3/c1-25-18(24)12-2-3-15(16-13(12)8-11(19)9-14(16)20)22-17(23)10-4-6-21-7-5-10/h2-9H,1H3,(H,22,23). The number of hydrogen-bond donors (Lipinski definition) is 1. The van der Waals surface area contributed by atoms with Gasteiger partial charge in [0.05, 0.1) is 23.4 Å². The number of pyridine rings is 1. The molecule has 5 nitrogen and oxygen atoms in total. The first-order valence-electron chi connectivity index (χ1n) is 7.22. The number of halogens is 2. The van der Waals surface area contributed by atoms with Gasteiger partial charge in [0.25, 0.3) is 5.91 Å². The van der Waals surface area contributed by atoms with Crippen molar-refractivity contribution in [3.63, 3.8) is 0 Å². The molecule has 0 fully saturated rings. The molecular formula is C18H12Cl2N2O3. The molecule has 0 aliphatic heterocycles. The molecule has 0 unspecified atom stereocenters. The van der Waals surface area contributed by atoms with Crippen molar-refractivity contribution in [3.8, 4) is 0 Å². The maximum Gasteiger partial charge on any atom is 0.338 e. The van der Waals surface area contributed by atoms with E-state index < -0.39 is 5.97 Å². The van der Waals surface area contributed by atoms with Crippen LogP contribution in [-0.4, -0.2) is 24.0 Å². The number of esters is 1. The number of amides is 1. The van der Waals surface area contributed by atoms with Gasteiger partial charge in [-0.3, -0.25) is 9.78 Å². The van der Waals surface area contributed by atoms with Crippen molar-refractivity contribution in [2.45, 2.75) is 0 Å². The topological polar surface area (TPSA) is 68.3 Å². The molecule has 0 radical (unpaired) electrons. The van der Waals surface area contributed by atoms with Gasteiger partial charge in [-0.1, -0.05) is 23.2 Å². The van der Waals surface area contributed by atoms with Gasteiger partial charge in [0.2, 0.25) is 0 Å². The van der Waals surface area contributed by atoms with Crippen LogP contribution in [0.3, 0.4) is 0 Å². The summed E-state index contributed by atoms with van der Waals surface area (Å²) in [5.41, 5.74) is 1.22. The first-order valence-corrected chi connectivity index (χ1v) is 7.98. The van der Waals surface area contributed by atoms with Gasteiger partial charge in [0.15, 0.2) is 0 Å². The van der Waals surface area contributed by atoms with Crippen LogP contribution < -0.4 is 5.32 Å². The van der Waals surface area contributed by atoms with Gasteiger partial charge in [-0.2, -0.15) is 0 Å². The van der Waals surface area contributed by atoms with Crippen LogP contribution in [0.25, 0.3) is 10.8 Å². The van der Waals surface area contributed by atoms with Crippen LogP contribution in [0.1, 0.15) is 20.7 Å². The van der Waals surface area contributed by atoms with Gasteiger partial charge in [0.1, 0.15) is 0 Å². The Morgan fingerprint density at radius 2 is 1.80 bits per heavy atom. The summed E-state index contributed by atoms with van der Waals surface area (Å²) in [6.07, 6.45) is 3.06. The van der Waals surface area contributed by atoms with Crippen LogP contribution in [0, 0.1) is 0 Å². The third kappa shape index (κ3) is 3.43. The summed E-state index contributed by atoms with van der Waals surface area (Å²) in [5.74, 6) is -0.837. The summed E-state index contributed by atoms with van der Waals surface area (Å²) in [5, 5.41) is 4.50. The van der Waals surface area contributed by atoms with E-state index in [0.717, 1.165) is 0 Å². The van der Waals surface area contributed by atoms with Crippen LogP contribution in [0.5, 0.6) is 0 Å². The Bertz CT molecular complexity index is 975. The zero-order valence-corrected chi connectivity index (χ0v) is 14.6. The van der Waals surface area contributed by atoms with E-state index in [2.05, 4.69) is 10.3 Å². The van der Waals surface area contributed by atoms with E-state index in [9.17, 15) is 9.59 Å². The quantitative estimate of drug-likeness (QED) is 0.681. The number of hydrogen-bond acceptors (Lipinski definition) is 4. The molecule has 1 aromatic heterocycles. The molecule has 3 aromatic rings. The third-order valence-electron chi connectivity index (χ3n) is 3.63. The monoisotopic (exact) mass is 374 g/mol. The van der Waals surface area contributed by atoms with Gasteiger partial charge in [-0.25, -0.2) is 4.79 Å². The van der Waals surface area contributed by atoms with Crippen molar-refractivity contribution in [1.82, 2.24) is 4.98 Å². The number of ether oxygens (including phenoxy) is 1. The van der Waals surface area contributed by atoms with Crippen LogP contribution in [0.15, 0.2) is 48.8 Å². The Morgan fingerprint density at radius 1 is 1.08 bits per heavy atom. The molecule has 0 aliphatic rings. The molecule has 7 heteroatoms. The minimum Gasteiger partial charge on any atom is -0.465 e. The molecule has 126 valence electrons. The molecule has 3 rings (SSSR count). The Labute approximate surface area is 153 Å². The lowest BCUT2D eigenvalue weighted by atomic mass is 10.0. The van der Waals surface area contributed by atoms with Crippen LogP contribution in [-0.2, 0) is 4.74 Å². The zero-order chi connectivity index (χ0) is 18.0. The van der Waals surface area contributed by atoms with Crippen molar-refractivity contribution >= 4 is 51.5 Å². The molecule has 1 N–H and O–H groups in total. The summed E-state index contributed by atoms with van der Waals surface area (Å²) in [6.45, 7) is 0. The zero-order valence-electron chi connectivity index (χ0n) is 13.0. The van der Waals surface area contributed by atoms with E-state index in [1.807, 2.05) is 0 Å². The Balaban J connectivity index is 2.14. The van der Waals surface area contributed by atoms with E-state index in [4.69, 9.17) is 27.9 Å². The lowest BCUT2D eigenvalue weighted by molar-refractivity contribution is 0.0603. The fraction of sp³-hybridized carbons (Fsp3) is 0.0556. The number of methoxy groups -OCH3 is 1. The Hall–Kier alpha value is -2.63. The smallest absolute Gasteiger partial charge is 0.338 e. The second-order valence-electron chi connectivity index (χ2n) is 5.15. The largest absolute Gasteiger partial charge is 0.465 e. The SMILES string of the molecule is COC(=O)c1ccc(NC(=O)c2ccncc2)c2c(Cl)cc(Cl)cc12. The van der Waals surface area contributed by atoms with E-state index in [1.165, 1.54) is 19.5 Å². The van der Waals surface area contributed by atoms with Crippen LogP contribution >= 0.6 is 23.2 Å². The maximum atomic E-state index is 12.4. The molecule has 1 amide bonds. The van der Waals surface area contributed by atoms with Gasteiger partial charge in [-0.15, -0.1) is 0 Å². The number of carbonyl (C=O) groups excluding carboxylic acids is 2. The predicted octanol–water partition coefficient (Wildman–Crippen LogP) is 4.58. The molecule has 0 aliphatic carbocycles. The first-order chi connectivity index (χ1) is 12.0. The average molecular weight is 375 g/mol. The van der Waals surface area contributed by atoms with Crippen molar-refractivity contribution in [1.29, 1.82) is 0 Å². The van der Waals surface area contributed by atoms with Crippen molar-refractivity contribution in [2.24, 2.45) is 0 Å². The average Bonchev–Trinajstić information content (AvgIpc) is 2.61. The van der Waals surface area contributed by atoms with Crippen molar-refractivity contribution in [3.05, 3.63) is 70.0 Å². The number of anilines is 1. The summed E-state index contributed by atoms with van der Waals surface area (Å²) >= 11 is 12.4. The minimum absolute atomic E-state index is 0.309. The van der Waals surface area contributed by atoms with E-state index >= 15 is 0 Å². The molecule has 2 aromatic carbocycles. The Kier molecular flexibility index (Phi) is 4.88. The van der Waals surface area contributed by atoms with Crippen LogP contribution in [0.2, 0.25) is 10.0 Å². The molecule has 25 heavy (non-hydrogen) atoms. The molecule has 0 saturated carbocycles. The number of aromatic nitrogens is 1. The highest BCUT2D eigenvalue weighted by Crippen LogP contribution is 2.36. The Morgan fingerprint density at radius 3 is 2.48 bits per heavy atom. The van der Waals surface area contributed by atoms with Gasteiger partial charge < -0.3 is 10.1 Å². The van der Waals surface area contributed by atoms with Gasteiger partial charge in [-0.05, 0) is 36.4 Å². The van der Waals surface area contributed by atoms with Gasteiger partial charge >= 0.3 is 5.97 Å². The second-order valence-corrected chi connectivity index (χ2v) is 6.00. The number of nitrogens with one attached hydrogen (secondary N) is 1. The molecule has 1 heterocycles. The predicted molar refractivity (Wildman–Crippen MR) is 97.5 cm³/mol. The van der Waals surface area contributed by atoms with E-state index in [-0.39, 0.29) is 5.91 Å². The molecule has 0 bridgehead atoms. The maximum absolute atomic E-state index is 12.4. The molecule has 0 saturated heterocycles. The lowest BCUT2D eigenvalue weighted by Gasteiger charge is -2.13. The summed E-state index contributed by atoms with van der Waals surface area (Å²) in [7, 11) is 1.29. The molecular weight excluding hydrogens is 363 g/mol. The second kappa shape index (κ2) is 7.09. The van der Waals surface area contributed by atoms with E-state index in [0.29, 0.717) is 37.6 Å². The molecule has 0 atom stereocenters. The highest BCUT2D eigenvalue weighted by Gasteiger charge is 2.17. The first kappa shape index (κ1) is 17.2. The highest BCUT2D eigenvalue weighted by molar-refractivity contribution is 6.40. The number of nitrogens with zero attached hydrogens (tertiary/aromatic N) is 1. The molecule has 0 spiro atoms. The number of benzene rings is 2. The summed E-state index contributed by atoms with van der Waals surface area (Å²) < 4.78 is 4.80.